The predicted octanol–water partition coefficient (Wildman–Crippen LogP) is -0.351. The number of hydrogen-bond acceptors (Lipinski definition) is 3. The van der Waals surface area contributed by atoms with Crippen molar-refractivity contribution < 1.29 is 4.79 Å². The highest BCUT2D eigenvalue weighted by molar-refractivity contribution is 5.78. The molecule has 4 heteroatoms. The fraction of sp³-hybridized carbons (Fsp3) is 0.900. The molecule has 0 bridgehead atoms. The van der Waals surface area contributed by atoms with Crippen molar-refractivity contribution in [3.05, 3.63) is 0 Å². The predicted molar refractivity (Wildman–Crippen MR) is 56.8 cm³/mol. The SMILES string of the molecule is CC(CN)C(=O)NCC1CCN(C)C1. The van der Waals surface area contributed by atoms with Crippen molar-refractivity contribution in [2.75, 3.05) is 33.2 Å². The van der Waals surface area contributed by atoms with Gasteiger partial charge in [-0.3, -0.25) is 4.79 Å². The van der Waals surface area contributed by atoms with Crippen LogP contribution in [-0.4, -0.2) is 44.0 Å². The summed E-state index contributed by atoms with van der Waals surface area (Å²) in [5, 5.41) is 2.95. The molecule has 4 nitrogen and oxygen atoms in total. The molecule has 1 rings (SSSR count). The fourth-order valence-electron chi connectivity index (χ4n) is 1.72. The molecule has 14 heavy (non-hydrogen) atoms. The van der Waals surface area contributed by atoms with E-state index in [0.29, 0.717) is 12.5 Å². The Kier molecular flexibility index (Phi) is 4.35. The molecule has 0 aromatic heterocycles. The lowest BCUT2D eigenvalue weighted by atomic mass is 10.1. The Labute approximate surface area is 85.8 Å². The molecule has 0 aromatic rings. The van der Waals surface area contributed by atoms with Crippen LogP contribution < -0.4 is 11.1 Å². The average Bonchev–Trinajstić information content (AvgIpc) is 2.59. The number of likely N-dealkylation sites (tertiary alicyclic amines) is 1. The van der Waals surface area contributed by atoms with Crippen molar-refractivity contribution in [1.82, 2.24) is 10.2 Å². The summed E-state index contributed by atoms with van der Waals surface area (Å²) in [5.74, 6) is 0.644. The van der Waals surface area contributed by atoms with E-state index >= 15 is 0 Å². The Morgan fingerprint density at radius 3 is 2.93 bits per heavy atom. The molecule has 0 saturated carbocycles. The van der Waals surface area contributed by atoms with Gasteiger partial charge in [0, 0.05) is 25.6 Å². The summed E-state index contributed by atoms with van der Waals surface area (Å²) in [7, 11) is 2.12. The first kappa shape index (κ1) is 11.5. The van der Waals surface area contributed by atoms with Gasteiger partial charge in [0.05, 0.1) is 0 Å². The van der Waals surface area contributed by atoms with E-state index in [1.165, 1.54) is 6.42 Å². The van der Waals surface area contributed by atoms with Crippen molar-refractivity contribution in [2.45, 2.75) is 13.3 Å². The van der Waals surface area contributed by atoms with Crippen LogP contribution in [-0.2, 0) is 4.79 Å². The number of nitrogens with two attached hydrogens (primary N) is 1. The third-order valence-corrected chi connectivity index (χ3v) is 2.86. The topological polar surface area (TPSA) is 58.4 Å². The van der Waals surface area contributed by atoms with Gasteiger partial charge in [0.2, 0.25) is 5.91 Å². The van der Waals surface area contributed by atoms with E-state index in [1.54, 1.807) is 0 Å². The van der Waals surface area contributed by atoms with Crippen LogP contribution in [0.3, 0.4) is 0 Å². The number of amides is 1. The number of carbonyl (C=O) groups is 1. The summed E-state index contributed by atoms with van der Waals surface area (Å²) in [6, 6.07) is 0. The summed E-state index contributed by atoms with van der Waals surface area (Å²) in [5.41, 5.74) is 5.41. The molecular formula is C10H21N3O. The summed E-state index contributed by atoms with van der Waals surface area (Å²) in [6.45, 7) is 5.32. The Morgan fingerprint density at radius 2 is 2.43 bits per heavy atom. The van der Waals surface area contributed by atoms with Gasteiger partial charge >= 0.3 is 0 Å². The van der Waals surface area contributed by atoms with E-state index in [0.717, 1.165) is 19.6 Å². The van der Waals surface area contributed by atoms with Crippen molar-refractivity contribution >= 4 is 5.91 Å². The normalized spacial score (nSPS) is 24.9. The molecule has 1 saturated heterocycles. The second-order valence-corrected chi connectivity index (χ2v) is 4.30. The third kappa shape index (κ3) is 3.27. The van der Waals surface area contributed by atoms with Crippen LogP contribution in [0, 0.1) is 11.8 Å². The van der Waals surface area contributed by atoms with E-state index in [4.69, 9.17) is 5.73 Å². The number of hydrogen-bond donors (Lipinski definition) is 2. The van der Waals surface area contributed by atoms with Crippen molar-refractivity contribution in [3.63, 3.8) is 0 Å². The van der Waals surface area contributed by atoms with Gasteiger partial charge in [-0.05, 0) is 25.9 Å². The quantitative estimate of drug-likeness (QED) is 0.650. The standard InChI is InChI=1S/C10H21N3O/c1-8(5-11)10(14)12-6-9-3-4-13(2)7-9/h8-9H,3-7,11H2,1-2H3,(H,12,14). The maximum Gasteiger partial charge on any atom is 0.224 e. The van der Waals surface area contributed by atoms with Gasteiger partial charge in [-0.2, -0.15) is 0 Å². The summed E-state index contributed by atoms with van der Waals surface area (Å²) < 4.78 is 0. The first-order valence-electron chi connectivity index (χ1n) is 5.29. The fourth-order valence-corrected chi connectivity index (χ4v) is 1.72. The highest BCUT2D eigenvalue weighted by Crippen LogP contribution is 2.12. The first-order valence-corrected chi connectivity index (χ1v) is 5.29. The van der Waals surface area contributed by atoms with Crippen LogP contribution in [0.25, 0.3) is 0 Å². The van der Waals surface area contributed by atoms with Crippen LogP contribution in [0.2, 0.25) is 0 Å². The van der Waals surface area contributed by atoms with Gasteiger partial charge in [-0.25, -0.2) is 0 Å². The summed E-state index contributed by atoms with van der Waals surface area (Å²) in [6.07, 6.45) is 1.19. The van der Waals surface area contributed by atoms with Gasteiger partial charge in [-0.15, -0.1) is 0 Å². The zero-order valence-corrected chi connectivity index (χ0v) is 9.12. The minimum absolute atomic E-state index is 0.0610. The Bertz CT molecular complexity index is 196. The van der Waals surface area contributed by atoms with E-state index in [2.05, 4.69) is 17.3 Å². The molecule has 1 aliphatic rings. The molecule has 0 aliphatic carbocycles. The summed E-state index contributed by atoms with van der Waals surface area (Å²) in [4.78, 5) is 13.7. The number of nitrogens with one attached hydrogen (secondary N) is 1. The molecule has 1 heterocycles. The maximum atomic E-state index is 11.4. The molecule has 1 aliphatic heterocycles. The molecule has 0 aromatic carbocycles. The van der Waals surface area contributed by atoms with E-state index in [-0.39, 0.29) is 11.8 Å². The number of rotatable bonds is 4. The molecule has 0 radical (unpaired) electrons. The summed E-state index contributed by atoms with van der Waals surface area (Å²) >= 11 is 0. The smallest absolute Gasteiger partial charge is 0.224 e. The largest absolute Gasteiger partial charge is 0.356 e. The minimum Gasteiger partial charge on any atom is -0.356 e. The van der Waals surface area contributed by atoms with Crippen molar-refractivity contribution in [3.8, 4) is 0 Å². The van der Waals surface area contributed by atoms with E-state index < -0.39 is 0 Å². The van der Waals surface area contributed by atoms with Crippen LogP contribution in [0.4, 0.5) is 0 Å². The van der Waals surface area contributed by atoms with Gasteiger partial charge in [0.1, 0.15) is 0 Å². The van der Waals surface area contributed by atoms with Crippen LogP contribution >= 0.6 is 0 Å². The van der Waals surface area contributed by atoms with Crippen molar-refractivity contribution in [2.24, 2.45) is 17.6 Å². The third-order valence-electron chi connectivity index (χ3n) is 2.86. The molecule has 3 N–H and O–H groups in total. The molecule has 2 unspecified atom stereocenters. The minimum atomic E-state index is -0.0610. The van der Waals surface area contributed by atoms with Crippen LogP contribution in [0.5, 0.6) is 0 Å². The lowest BCUT2D eigenvalue weighted by Crippen LogP contribution is -2.36. The first-order chi connectivity index (χ1) is 6.63. The maximum absolute atomic E-state index is 11.4. The zero-order valence-electron chi connectivity index (χ0n) is 9.12. The van der Waals surface area contributed by atoms with Gasteiger partial charge in [0.25, 0.3) is 0 Å². The Balaban J connectivity index is 2.17. The molecule has 82 valence electrons. The Morgan fingerprint density at radius 1 is 1.71 bits per heavy atom. The highest BCUT2D eigenvalue weighted by Gasteiger charge is 2.20. The molecule has 1 fully saturated rings. The Hall–Kier alpha value is -0.610. The lowest BCUT2D eigenvalue weighted by molar-refractivity contribution is -0.124. The zero-order chi connectivity index (χ0) is 10.6. The van der Waals surface area contributed by atoms with E-state index in [9.17, 15) is 4.79 Å². The van der Waals surface area contributed by atoms with Gasteiger partial charge in [-0.1, -0.05) is 6.92 Å². The second-order valence-electron chi connectivity index (χ2n) is 4.30. The lowest BCUT2D eigenvalue weighted by Gasteiger charge is -2.14. The molecular weight excluding hydrogens is 178 g/mol. The second kappa shape index (κ2) is 5.32. The number of nitrogens with zero attached hydrogens (tertiary/aromatic N) is 1. The average molecular weight is 199 g/mol. The highest BCUT2D eigenvalue weighted by atomic mass is 16.1. The molecule has 2 atom stereocenters. The van der Waals surface area contributed by atoms with E-state index in [1.807, 2.05) is 6.92 Å². The molecule has 1 amide bonds. The number of carbonyl (C=O) groups excluding carboxylic acids is 1. The van der Waals surface area contributed by atoms with Gasteiger partial charge < -0.3 is 16.0 Å². The van der Waals surface area contributed by atoms with Gasteiger partial charge in [0.15, 0.2) is 0 Å². The molecule has 0 spiro atoms. The van der Waals surface area contributed by atoms with Crippen LogP contribution in [0.1, 0.15) is 13.3 Å². The van der Waals surface area contributed by atoms with Crippen molar-refractivity contribution in [1.29, 1.82) is 0 Å². The monoisotopic (exact) mass is 199 g/mol. The van der Waals surface area contributed by atoms with Crippen LogP contribution in [0.15, 0.2) is 0 Å².